The molecule has 124 heavy (non-hydrogen) atoms. The number of ketones is 4. The molecule has 47 heteroatoms. The fourth-order valence-corrected chi connectivity index (χ4v) is 18.5. The fraction of sp³-hybridized carbons (Fsp3) is 0.130. The molecule has 4 aliphatic rings. The topological polar surface area (TPSA) is 617 Å². The Hall–Kier alpha value is -8.66. The molecule has 0 amide bonds. The number of nitrogens with two attached hydrogens (primary N) is 2. The van der Waals surface area contributed by atoms with Gasteiger partial charge in [0, 0.05) is 60.5 Å². The molecule has 0 spiro atoms. The van der Waals surface area contributed by atoms with E-state index < -0.39 is 190 Å². The monoisotopic (exact) mass is 1860 g/mol. The Bertz CT molecular complexity index is 7350. The molecule has 0 bridgehead atoms. The number of hydrogen-bond acceptors (Lipinski definition) is 36. The SMILES string of the molecule is C=CS(=O)(=O)c1ccc(Nc2cc(S(=O)(=O)[O-])c(N)c3c2C(=O)c2ccccc2C3=O)cc1.CCOC(=O)C(CCS(=O)(=O)c1ccc(Nc2cc(S(=O)(=O)[O-])c3nc(=O)c(=C(C)O)c4c5ccccc5c(=O)c2c3=4)cc1)C(=O)OCC.Nc1c(S(=O)(=O)[O-])cc(Nc2ccc(S(=O)(=O)CCOS(=O)(=O)[O-])cc2)c2c1C(=O)c1ccccc1C2=O.[Na+].[Na+].[Na+].[Na+]. The number of benzene rings is 9. The molecule has 0 aromatic heterocycles. The zero-order valence-electron chi connectivity index (χ0n) is 65.9. The summed E-state index contributed by atoms with van der Waals surface area (Å²) < 4.78 is 229. The molecule has 8 N–H and O–H groups in total. The van der Waals surface area contributed by atoms with E-state index in [4.69, 9.17) is 20.9 Å². The molecule has 9 aromatic rings. The van der Waals surface area contributed by atoms with Gasteiger partial charge < -0.3 is 60.2 Å². The van der Waals surface area contributed by atoms with Crippen LogP contribution in [0.15, 0.2) is 215 Å². The second-order valence-electron chi connectivity index (χ2n) is 26.0. The van der Waals surface area contributed by atoms with Gasteiger partial charge in [0.1, 0.15) is 36.1 Å². The molecule has 1 aliphatic heterocycles. The molecule has 0 fully saturated rings. The van der Waals surface area contributed by atoms with Crippen molar-refractivity contribution in [2.24, 2.45) is 5.92 Å². The van der Waals surface area contributed by atoms with Gasteiger partial charge in [0.05, 0.1) is 128 Å². The molecule has 0 saturated heterocycles. The minimum absolute atomic E-state index is 0. The van der Waals surface area contributed by atoms with Crippen LogP contribution in [0.25, 0.3) is 27.4 Å². The molecule has 0 atom stereocenters. The van der Waals surface area contributed by atoms with E-state index in [9.17, 15) is 121 Å². The van der Waals surface area contributed by atoms with Crippen LogP contribution in [0.5, 0.6) is 0 Å². The van der Waals surface area contributed by atoms with Gasteiger partial charge in [-0.3, -0.25) is 42.5 Å². The van der Waals surface area contributed by atoms with Crippen LogP contribution in [-0.4, -0.2) is 154 Å². The zero-order valence-corrected chi connectivity index (χ0v) is 79.7. The number of rotatable bonds is 24. The van der Waals surface area contributed by atoms with Gasteiger partial charge in [-0.15, -0.1) is 0 Å². The molecule has 0 radical (unpaired) electrons. The van der Waals surface area contributed by atoms with Crippen molar-refractivity contribution in [1.29, 1.82) is 0 Å². The standard InChI is InChI=1S/C33H30N2O12S2.C22H18N2O11S3.C22H16N2O7S2.4Na/c1-4-46-32(39)22(33(40)47-5-2)14-15-48(41,42)19-12-10-18(11-13-19)34-23-16-24(49(43,44)45)29-28-26(25(17(3)36)31(38)35-29)20-8-6-7-9-21(20)30(37)27(23)28;23-20-17(37(29,30)31)11-16(18-19(20)22(26)15-4-2-1-3-14(15)21(18)25)24-12-5-7-13(8-6-12)36(27,28)10-9-35-38(32,33)34;1-2-32(27,28)13-9-7-12(8-10-13)24-16-11-17(33(29,30)31)20(23)19-18(16)21(25)14-5-3-4-6-15(14)22(19)26;;;;/h6-13,16,22,34,36H,4-5,14-15H2,1-3H3,(H,43,44,45);1-8,11,24H,9-10,23H2,(H,29,30,31)(H,32,33,34);2-11,24H,1,23H2,(H,29,30,31);;;;/q;;;4*+1/p-4. The first kappa shape index (κ1) is 102. The number of aromatic nitrogens is 1. The number of nitrogens with one attached hydrogen (secondary N) is 3. The van der Waals surface area contributed by atoms with Gasteiger partial charge >= 0.3 is 130 Å². The maximum Gasteiger partial charge on any atom is 1.00 e. The van der Waals surface area contributed by atoms with E-state index in [1.54, 1.807) is 32.0 Å². The second kappa shape index (κ2) is 40.1. The first-order valence-electron chi connectivity index (χ1n) is 34.6. The molecule has 0 unspecified atom stereocenters. The summed E-state index contributed by atoms with van der Waals surface area (Å²) in [5, 5.41) is 19.5. The third-order valence-corrected chi connectivity index (χ3v) is 26.4. The van der Waals surface area contributed by atoms with Crippen LogP contribution < -0.4 is 162 Å². The zero-order chi connectivity index (χ0) is 88.0. The number of carbonyl (C=O) groups excluding carboxylic acids is 6. The largest absolute Gasteiger partial charge is 1.00 e. The Kier molecular flexibility index (Phi) is 33.1. The van der Waals surface area contributed by atoms with Crippen molar-refractivity contribution in [3.63, 3.8) is 0 Å². The second-order valence-corrected chi connectivity index (χ2v) is 37.2. The molecule has 0 saturated carbocycles. The Labute approximate surface area is 794 Å². The van der Waals surface area contributed by atoms with Gasteiger partial charge in [-0.1, -0.05) is 79.4 Å². The van der Waals surface area contributed by atoms with Gasteiger partial charge in [-0.05, 0) is 124 Å². The van der Waals surface area contributed by atoms with Crippen molar-refractivity contribution in [3.05, 3.63) is 257 Å². The van der Waals surface area contributed by atoms with Crippen LogP contribution in [-0.2, 0) is 93.5 Å². The Morgan fingerprint density at radius 1 is 0.484 bits per heavy atom. The van der Waals surface area contributed by atoms with Crippen molar-refractivity contribution in [2.75, 3.05) is 58.7 Å². The third-order valence-electron chi connectivity index (χ3n) is 18.5. The van der Waals surface area contributed by atoms with E-state index in [0.717, 1.165) is 35.7 Å². The summed E-state index contributed by atoms with van der Waals surface area (Å²) in [5.74, 6) is -7.82. The van der Waals surface area contributed by atoms with Crippen molar-refractivity contribution in [2.45, 2.75) is 56.6 Å². The Morgan fingerprint density at radius 2 is 0.839 bits per heavy atom. The molecule has 13 rings (SSSR count). The molecule has 3 aliphatic carbocycles. The minimum Gasteiger partial charge on any atom is -0.744 e. The number of nitrogen functional groups attached to an aromatic ring is 2. The summed E-state index contributed by atoms with van der Waals surface area (Å²) >= 11 is 0. The summed E-state index contributed by atoms with van der Waals surface area (Å²) in [6, 6.07) is 35.6. The van der Waals surface area contributed by atoms with Gasteiger partial charge in [0.2, 0.25) is 10.4 Å². The van der Waals surface area contributed by atoms with Gasteiger partial charge in [-0.2, -0.15) is 0 Å². The molecular weight excluding hydrogens is 1810 g/mol. The van der Waals surface area contributed by atoms with Crippen LogP contribution in [0.1, 0.15) is 90.9 Å². The number of carbonyl (C=O) groups is 6. The number of fused-ring (bicyclic) bond motifs is 6. The van der Waals surface area contributed by atoms with Gasteiger partial charge in [-0.25, -0.2) is 63.9 Å². The number of ether oxygens (including phenoxy) is 2. The number of aliphatic hydroxyl groups excluding tert-OH is 1. The molecule has 624 valence electrons. The van der Waals surface area contributed by atoms with E-state index in [0.29, 0.717) is 0 Å². The van der Waals surface area contributed by atoms with E-state index in [-0.39, 0.29) is 251 Å². The number of sulfone groups is 3. The van der Waals surface area contributed by atoms with Crippen LogP contribution in [0.2, 0.25) is 0 Å². The van der Waals surface area contributed by atoms with Crippen LogP contribution >= 0.6 is 0 Å². The van der Waals surface area contributed by atoms with Crippen molar-refractivity contribution >= 4 is 178 Å². The summed E-state index contributed by atoms with van der Waals surface area (Å²) in [6.07, 6.45) is -0.398. The summed E-state index contributed by atoms with van der Waals surface area (Å²) in [4.78, 5) is 105. The third kappa shape index (κ3) is 21.6. The maximum absolute atomic E-state index is 13.9. The molecule has 9 aromatic carbocycles. The summed E-state index contributed by atoms with van der Waals surface area (Å²) in [6.45, 7) is 6.63. The average molecular weight is 1870 g/mol. The first-order valence-corrected chi connectivity index (χ1v) is 45.0. The molecule has 1 heterocycles. The Morgan fingerprint density at radius 3 is 1.21 bits per heavy atom. The van der Waals surface area contributed by atoms with E-state index in [1.165, 1.54) is 122 Å². The van der Waals surface area contributed by atoms with E-state index in [1.807, 2.05) is 0 Å². The molecule has 36 nitrogen and oxygen atoms in total. The smallest absolute Gasteiger partial charge is 0.744 e. The van der Waals surface area contributed by atoms with Crippen molar-refractivity contribution in [3.8, 4) is 0 Å². The Balaban J connectivity index is 0.000000257. The summed E-state index contributed by atoms with van der Waals surface area (Å²) in [7, 11) is -32.4. The average Bonchev–Trinajstić information content (AvgIpc) is 0.700. The number of hydrogen-bond donors (Lipinski definition) is 6. The minimum atomic E-state index is -5.28. The number of esters is 2. The fourth-order valence-electron chi connectivity index (χ4n) is 13.1. The normalized spacial score (nSPS) is 12.8. The first-order chi connectivity index (χ1) is 56.2. The van der Waals surface area contributed by atoms with Gasteiger partial charge in [0.15, 0.2) is 64.0 Å². The number of nitrogens with zero attached hydrogens (tertiary/aromatic N) is 1. The number of anilines is 8. The predicted molar refractivity (Wildman–Crippen MR) is 425 cm³/mol. The van der Waals surface area contributed by atoms with Gasteiger partial charge in [0.25, 0.3) is 5.56 Å². The van der Waals surface area contributed by atoms with Crippen LogP contribution in [0.3, 0.4) is 0 Å². The summed E-state index contributed by atoms with van der Waals surface area (Å²) in [5.41, 5.74) is 7.24. The van der Waals surface area contributed by atoms with Crippen molar-refractivity contribution in [1.82, 2.24) is 4.98 Å². The van der Waals surface area contributed by atoms with Crippen LogP contribution in [0, 0.1) is 16.4 Å². The number of aliphatic hydroxyl groups is 1. The van der Waals surface area contributed by atoms with E-state index in [2.05, 4.69) is 31.7 Å². The van der Waals surface area contributed by atoms with Crippen LogP contribution in [0.4, 0.5) is 45.5 Å². The quantitative estimate of drug-likeness (QED) is 0.00818. The maximum atomic E-state index is 13.9. The van der Waals surface area contributed by atoms with Crippen molar-refractivity contribution < 1.29 is 243 Å². The van der Waals surface area contributed by atoms with E-state index >= 15 is 0 Å². The predicted octanol–water partition coefficient (Wildman–Crippen LogP) is -6.20. The molecular formula is C77H60N6Na4O30S7.